The molecule has 1 aromatic heterocycles. The molecule has 0 bridgehead atoms. The Bertz CT molecular complexity index is 722. The van der Waals surface area contributed by atoms with Crippen LogP contribution in [0, 0.1) is 5.92 Å². The summed E-state index contributed by atoms with van der Waals surface area (Å²) in [7, 11) is 0. The van der Waals surface area contributed by atoms with Gasteiger partial charge >= 0.3 is 11.8 Å². The Labute approximate surface area is 177 Å². The Hall–Kier alpha value is -2.42. The zero-order valence-electron chi connectivity index (χ0n) is 17.9. The first-order valence-corrected chi connectivity index (χ1v) is 11.1. The third-order valence-corrected chi connectivity index (χ3v) is 5.75. The van der Waals surface area contributed by atoms with E-state index in [-0.39, 0.29) is 24.4 Å². The van der Waals surface area contributed by atoms with E-state index in [1.54, 1.807) is 6.20 Å². The number of hydrogen-bond donors (Lipinski definition) is 3. The average molecular weight is 419 g/mol. The molecule has 166 valence electrons. The van der Waals surface area contributed by atoms with Crippen molar-refractivity contribution in [2.24, 2.45) is 5.92 Å². The van der Waals surface area contributed by atoms with Crippen molar-refractivity contribution in [3.63, 3.8) is 0 Å². The summed E-state index contributed by atoms with van der Waals surface area (Å²) in [5.41, 5.74) is 0.394. The first-order chi connectivity index (χ1) is 14.5. The second-order valence-corrected chi connectivity index (χ2v) is 8.61. The molecule has 3 N–H and O–H groups in total. The van der Waals surface area contributed by atoms with Gasteiger partial charge < -0.3 is 20.9 Å². The van der Waals surface area contributed by atoms with E-state index in [2.05, 4.69) is 32.9 Å². The summed E-state index contributed by atoms with van der Waals surface area (Å²) < 4.78 is 1.46. The third-order valence-electron chi connectivity index (χ3n) is 5.75. The summed E-state index contributed by atoms with van der Waals surface area (Å²) in [4.78, 5) is 38.7. The molecule has 1 aromatic rings. The number of rotatable bonds is 8. The molecule has 1 saturated carbocycles. The van der Waals surface area contributed by atoms with Gasteiger partial charge in [-0.15, -0.1) is 0 Å². The molecule has 1 atom stereocenters. The number of anilines is 1. The summed E-state index contributed by atoms with van der Waals surface area (Å²) in [6.07, 6.45) is 11.1. The van der Waals surface area contributed by atoms with Crippen LogP contribution in [0.2, 0.25) is 0 Å². The molecule has 2 heterocycles. The van der Waals surface area contributed by atoms with Crippen molar-refractivity contribution in [3.8, 4) is 0 Å². The molecule has 2 fully saturated rings. The van der Waals surface area contributed by atoms with Gasteiger partial charge in [0, 0.05) is 25.3 Å². The van der Waals surface area contributed by atoms with Crippen molar-refractivity contribution in [3.05, 3.63) is 12.4 Å². The summed E-state index contributed by atoms with van der Waals surface area (Å²) in [5.74, 6) is -1.20. The lowest BCUT2D eigenvalue weighted by Gasteiger charge is -2.29. The highest BCUT2D eigenvalue weighted by atomic mass is 16.2. The highest BCUT2D eigenvalue weighted by molar-refractivity contribution is 6.39. The quantitative estimate of drug-likeness (QED) is 0.548. The standard InChI is InChI=1S/C21H34N6O3/c1-16(13-26-9-5-2-6-10-26)11-22-20(29)21(30)25-18-12-23-27(14-18)15-19(28)24-17-7-3-4-8-17/h12,14,16-17H,2-11,13,15H2,1H3,(H,22,29)(H,24,28)(H,25,30)/t16-/m0/s1. The Balaban J connectivity index is 1.36. The number of piperidine rings is 1. The number of amides is 3. The molecule has 1 aliphatic heterocycles. The van der Waals surface area contributed by atoms with E-state index in [0.717, 1.165) is 45.3 Å². The lowest BCUT2D eigenvalue weighted by molar-refractivity contribution is -0.136. The zero-order chi connectivity index (χ0) is 21.3. The van der Waals surface area contributed by atoms with E-state index >= 15 is 0 Å². The van der Waals surface area contributed by atoms with Gasteiger partial charge in [-0.05, 0) is 44.7 Å². The molecule has 1 saturated heterocycles. The van der Waals surface area contributed by atoms with Gasteiger partial charge in [0.15, 0.2) is 0 Å². The number of carbonyl (C=O) groups excluding carboxylic acids is 3. The molecule has 0 spiro atoms. The van der Waals surface area contributed by atoms with Crippen LogP contribution in [0.3, 0.4) is 0 Å². The third kappa shape index (κ3) is 7.12. The fourth-order valence-corrected chi connectivity index (χ4v) is 4.19. The van der Waals surface area contributed by atoms with Crippen LogP contribution < -0.4 is 16.0 Å². The van der Waals surface area contributed by atoms with Gasteiger partial charge in [-0.3, -0.25) is 19.1 Å². The van der Waals surface area contributed by atoms with E-state index in [0.29, 0.717) is 12.2 Å². The predicted octanol–water partition coefficient (Wildman–Crippen LogP) is 1.12. The maximum Gasteiger partial charge on any atom is 0.313 e. The van der Waals surface area contributed by atoms with Crippen LogP contribution in [0.15, 0.2) is 12.4 Å². The molecule has 0 unspecified atom stereocenters. The topological polar surface area (TPSA) is 108 Å². The number of nitrogens with zero attached hydrogens (tertiary/aromatic N) is 3. The highest BCUT2D eigenvalue weighted by Gasteiger charge is 2.19. The fourth-order valence-electron chi connectivity index (χ4n) is 4.19. The van der Waals surface area contributed by atoms with Crippen LogP contribution in [0.4, 0.5) is 5.69 Å². The van der Waals surface area contributed by atoms with Gasteiger partial charge in [0.1, 0.15) is 6.54 Å². The molecule has 9 heteroatoms. The minimum Gasteiger partial charge on any atom is -0.352 e. The van der Waals surface area contributed by atoms with Crippen molar-refractivity contribution in [1.29, 1.82) is 0 Å². The van der Waals surface area contributed by atoms with E-state index < -0.39 is 11.8 Å². The smallest absolute Gasteiger partial charge is 0.313 e. The normalized spacial score (nSPS) is 18.7. The van der Waals surface area contributed by atoms with Crippen LogP contribution in [0.1, 0.15) is 51.9 Å². The molecule has 1 aliphatic carbocycles. The average Bonchev–Trinajstić information content (AvgIpc) is 3.39. The monoisotopic (exact) mass is 418 g/mol. The maximum atomic E-state index is 12.1. The van der Waals surface area contributed by atoms with Gasteiger partial charge in [0.05, 0.1) is 11.9 Å². The summed E-state index contributed by atoms with van der Waals surface area (Å²) in [5, 5.41) is 12.3. The van der Waals surface area contributed by atoms with E-state index in [1.165, 1.54) is 30.1 Å². The number of hydrogen-bond acceptors (Lipinski definition) is 5. The molecule has 2 aliphatic rings. The van der Waals surface area contributed by atoms with Crippen LogP contribution in [-0.2, 0) is 20.9 Å². The fraction of sp³-hybridized carbons (Fsp3) is 0.714. The first kappa shape index (κ1) is 22.3. The zero-order valence-corrected chi connectivity index (χ0v) is 17.9. The van der Waals surface area contributed by atoms with E-state index in [4.69, 9.17) is 0 Å². The molecular formula is C21H34N6O3. The van der Waals surface area contributed by atoms with Crippen LogP contribution in [0.25, 0.3) is 0 Å². The van der Waals surface area contributed by atoms with Crippen molar-refractivity contribution >= 4 is 23.4 Å². The minimum absolute atomic E-state index is 0.0899. The number of aromatic nitrogens is 2. The lowest BCUT2D eigenvalue weighted by atomic mass is 10.1. The second-order valence-electron chi connectivity index (χ2n) is 8.61. The van der Waals surface area contributed by atoms with E-state index in [9.17, 15) is 14.4 Å². The van der Waals surface area contributed by atoms with Gasteiger partial charge in [-0.25, -0.2) is 0 Å². The summed E-state index contributed by atoms with van der Waals surface area (Å²) in [6, 6.07) is 0.258. The lowest BCUT2D eigenvalue weighted by Crippen LogP contribution is -2.41. The van der Waals surface area contributed by atoms with Crippen molar-refractivity contribution in [2.45, 2.75) is 64.5 Å². The molecule has 3 rings (SSSR count). The molecule has 30 heavy (non-hydrogen) atoms. The van der Waals surface area contributed by atoms with Gasteiger partial charge in [-0.2, -0.15) is 5.10 Å². The van der Waals surface area contributed by atoms with E-state index in [1.807, 2.05) is 0 Å². The summed E-state index contributed by atoms with van der Waals surface area (Å²) >= 11 is 0. The summed E-state index contributed by atoms with van der Waals surface area (Å²) in [6.45, 7) is 5.78. The Morgan fingerprint density at radius 3 is 2.57 bits per heavy atom. The number of nitrogens with one attached hydrogen (secondary N) is 3. The predicted molar refractivity (Wildman–Crippen MR) is 114 cm³/mol. The van der Waals surface area contributed by atoms with Crippen molar-refractivity contribution < 1.29 is 14.4 Å². The van der Waals surface area contributed by atoms with Gasteiger partial charge in [-0.1, -0.05) is 26.2 Å². The number of carbonyl (C=O) groups is 3. The largest absolute Gasteiger partial charge is 0.352 e. The Morgan fingerprint density at radius 1 is 1.10 bits per heavy atom. The molecule has 9 nitrogen and oxygen atoms in total. The van der Waals surface area contributed by atoms with Crippen molar-refractivity contribution in [2.75, 3.05) is 31.5 Å². The maximum absolute atomic E-state index is 12.1. The first-order valence-electron chi connectivity index (χ1n) is 11.1. The molecule has 0 radical (unpaired) electrons. The minimum atomic E-state index is -0.727. The van der Waals surface area contributed by atoms with Gasteiger partial charge in [0.25, 0.3) is 0 Å². The number of likely N-dealkylation sites (tertiary alicyclic amines) is 1. The Morgan fingerprint density at radius 2 is 1.83 bits per heavy atom. The van der Waals surface area contributed by atoms with Crippen molar-refractivity contribution in [1.82, 2.24) is 25.3 Å². The van der Waals surface area contributed by atoms with Gasteiger partial charge in [0.2, 0.25) is 5.91 Å². The molecule has 0 aromatic carbocycles. The Kier molecular flexibility index (Phi) is 8.24. The second kappa shape index (κ2) is 11.1. The highest BCUT2D eigenvalue weighted by Crippen LogP contribution is 2.17. The van der Waals surface area contributed by atoms with Crippen LogP contribution in [-0.4, -0.2) is 64.6 Å². The van der Waals surface area contributed by atoms with Crippen LogP contribution >= 0.6 is 0 Å². The SMILES string of the molecule is C[C@@H](CNC(=O)C(=O)Nc1cnn(CC(=O)NC2CCCC2)c1)CN1CCCCC1. The van der Waals surface area contributed by atoms with Crippen LogP contribution in [0.5, 0.6) is 0 Å². The molecule has 3 amide bonds. The molecular weight excluding hydrogens is 384 g/mol.